The first-order valence-corrected chi connectivity index (χ1v) is 7.19. The summed E-state index contributed by atoms with van der Waals surface area (Å²) in [5.41, 5.74) is 0.536. The average molecular weight is 265 g/mol. The van der Waals surface area contributed by atoms with Crippen LogP contribution in [0.2, 0.25) is 0 Å². The van der Waals surface area contributed by atoms with Gasteiger partial charge in [0.05, 0.1) is 12.3 Å². The van der Waals surface area contributed by atoms with Crippen LogP contribution in [0, 0.1) is 0 Å². The standard InChI is InChI=1S/C13H15NO3S/c1-10(9-15)18(16,17)14-13-8-4-6-11-5-2-3-7-12(11)13/h2-8,10,14-15H,9H2,1H3. The highest BCUT2D eigenvalue weighted by Gasteiger charge is 2.20. The molecule has 4 nitrogen and oxygen atoms in total. The SMILES string of the molecule is CC(CO)S(=O)(=O)Nc1cccc2ccccc12. The number of fused-ring (bicyclic) bond motifs is 1. The van der Waals surface area contributed by atoms with E-state index in [1.54, 1.807) is 12.1 Å². The normalized spacial score (nSPS) is 13.4. The summed E-state index contributed by atoms with van der Waals surface area (Å²) in [6.07, 6.45) is 0. The quantitative estimate of drug-likeness (QED) is 0.888. The summed E-state index contributed by atoms with van der Waals surface area (Å²) in [7, 11) is -3.55. The molecule has 18 heavy (non-hydrogen) atoms. The molecule has 0 aliphatic carbocycles. The Morgan fingerprint density at radius 2 is 1.83 bits per heavy atom. The third-order valence-corrected chi connectivity index (χ3v) is 4.54. The van der Waals surface area contributed by atoms with Gasteiger partial charge in [-0.3, -0.25) is 4.72 Å². The van der Waals surface area contributed by atoms with Gasteiger partial charge in [0, 0.05) is 5.39 Å². The molecule has 5 heteroatoms. The molecular weight excluding hydrogens is 250 g/mol. The topological polar surface area (TPSA) is 66.4 Å². The van der Waals surface area contributed by atoms with Crippen molar-refractivity contribution in [2.45, 2.75) is 12.2 Å². The number of hydrogen-bond acceptors (Lipinski definition) is 3. The van der Waals surface area contributed by atoms with Crippen LogP contribution in [-0.4, -0.2) is 25.4 Å². The summed E-state index contributed by atoms with van der Waals surface area (Å²) in [6.45, 7) is 1.06. The van der Waals surface area contributed by atoms with Crippen molar-refractivity contribution in [3.63, 3.8) is 0 Å². The van der Waals surface area contributed by atoms with Crippen molar-refractivity contribution < 1.29 is 13.5 Å². The molecule has 0 fully saturated rings. The van der Waals surface area contributed by atoms with Crippen molar-refractivity contribution in [3.8, 4) is 0 Å². The first-order chi connectivity index (χ1) is 8.54. The summed E-state index contributed by atoms with van der Waals surface area (Å²) in [5.74, 6) is 0. The molecule has 2 aromatic carbocycles. The Hall–Kier alpha value is -1.59. The maximum absolute atomic E-state index is 11.9. The van der Waals surface area contributed by atoms with Gasteiger partial charge in [0.2, 0.25) is 10.0 Å². The van der Waals surface area contributed by atoms with Crippen LogP contribution in [0.4, 0.5) is 5.69 Å². The first kappa shape index (κ1) is 12.9. The molecule has 96 valence electrons. The Bertz CT molecular complexity index is 647. The van der Waals surface area contributed by atoms with Crippen LogP contribution in [0.15, 0.2) is 42.5 Å². The number of sulfonamides is 1. The van der Waals surface area contributed by atoms with Gasteiger partial charge in [-0.05, 0) is 18.4 Å². The van der Waals surface area contributed by atoms with Gasteiger partial charge in [-0.15, -0.1) is 0 Å². The van der Waals surface area contributed by atoms with Crippen molar-refractivity contribution in [2.24, 2.45) is 0 Å². The van der Waals surface area contributed by atoms with Crippen LogP contribution in [0.1, 0.15) is 6.92 Å². The van der Waals surface area contributed by atoms with Crippen molar-refractivity contribution in [3.05, 3.63) is 42.5 Å². The second kappa shape index (κ2) is 4.96. The summed E-state index contributed by atoms with van der Waals surface area (Å²) in [4.78, 5) is 0. The van der Waals surface area contributed by atoms with Crippen LogP contribution in [0.5, 0.6) is 0 Å². The Balaban J connectivity index is 2.44. The van der Waals surface area contributed by atoms with Crippen LogP contribution in [0.3, 0.4) is 0 Å². The van der Waals surface area contributed by atoms with Crippen molar-refractivity contribution in [2.75, 3.05) is 11.3 Å². The third-order valence-electron chi connectivity index (χ3n) is 2.83. The van der Waals surface area contributed by atoms with Crippen LogP contribution < -0.4 is 4.72 Å². The molecule has 1 unspecified atom stereocenters. The lowest BCUT2D eigenvalue weighted by atomic mass is 10.1. The predicted molar refractivity (Wildman–Crippen MR) is 73.0 cm³/mol. The Labute approximate surface area is 106 Å². The van der Waals surface area contributed by atoms with Crippen LogP contribution in [0.25, 0.3) is 10.8 Å². The zero-order valence-corrected chi connectivity index (χ0v) is 10.8. The number of hydrogen-bond donors (Lipinski definition) is 2. The summed E-state index contributed by atoms with van der Waals surface area (Å²) < 4.78 is 26.3. The van der Waals surface area contributed by atoms with Gasteiger partial charge in [0.15, 0.2) is 0 Å². The van der Waals surface area contributed by atoms with Crippen molar-refractivity contribution >= 4 is 26.5 Å². The molecule has 2 rings (SSSR count). The maximum atomic E-state index is 11.9. The van der Waals surface area contributed by atoms with E-state index in [0.29, 0.717) is 5.69 Å². The van der Waals surface area contributed by atoms with Gasteiger partial charge < -0.3 is 5.11 Å². The minimum absolute atomic E-state index is 0.403. The monoisotopic (exact) mass is 265 g/mol. The van der Waals surface area contributed by atoms with E-state index in [2.05, 4.69) is 4.72 Å². The number of nitrogens with one attached hydrogen (secondary N) is 1. The summed E-state index contributed by atoms with van der Waals surface area (Å²) in [6, 6.07) is 13.0. The fraction of sp³-hybridized carbons (Fsp3) is 0.231. The fourth-order valence-electron chi connectivity index (χ4n) is 1.67. The highest BCUT2D eigenvalue weighted by molar-refractivity contribution is 7.93. The molecule has 0 bridgehead atoms. The second-order valence-electron chi connectivity index (χ2n) is 4.17. The van der Waals surface area contributed by atoms with E-state index in [4.69, 9.17) is 5.11 Å². The van der Waals surface area contributed by atoms with Gasteiger partial charge in [-0.2, -0.15) is 0 Å². The Kier molecular flexibility index (Phi) is 3.54. The average Bonchev–Trinajstić information content (AvgIpc) is 2.38. The van der Waals surface area contributed by atoms with E-state index >= 15 is 0 Å². The number of aliphatic hydroxyl groups excluding tert-OH is 1. The predicted octanol–water partition coefficient (Wildman–Crippen LogP) is 1.96. The number of rotatable bonds is 4. The fourth-order valence-corrected chi connectivity index (χ4v) is 2.55. The lowest BCUT2D eigenvalue weighted by Crippen LogP contribution is -2.28. The molecule has 1 atom stereocenters. The third kappa shape index (κ3) is 2.47. The van der Waals surface area contributed by atoms with Crippen LogP contribution in [-0.2, 0) is 10.0 Å². The number of anilines is 1. The first-order valence-electron chi connectivity index (χ1n) is 5.65. The molecule has 0 aliphatic rings. The molecule has 2 N–H and O–H groups in total. The highest BCUT2D eigenvalue weighted by atomic mass is 32.2. The van der Waals surface area contributed by atoms with E-state index in [1.807, 2.05) is 30.3 Å². The van der Waals surface area contributed by atoms with Crippen LogP contribution >= 0.6 is 0 Å². The molecule has 2 aromatic rings. The van der Waals surface area contributed by atoms with Gasteiger partial charge in [0.25, 0.3) is 0 Å². The maximum Gasteiger partial charge on any atom is 0.237 e. The highest BCUT2D eigenvalue weighted by Crippen LogP contribution is 2.24. The smallest absolute Gasteiger partial charge is 0.237 e. The van der Waals surface area contributed by atoms with E-state index in [9.17, 15) is 8.42 Å². The van der Waals surface area contributed by atoms with Gasteiger partial charge in [0.1, 0.15) is 5.25 Å². The Morgan fingerprint density at radius 1 is 1.17 bits per heavy atom. The van der Waals surface area contributed by atoms with E-state index in [-0.39, 0.29) is 0 Å². The zero-order chi connectivity index (χ0) is 13.2. The lowest BCUT2D eigenvalue weighted by Gasteiger charge is -2.14. The minimum atomic E-state index is -3.55. The van der Waals surface area contributed by atoms with E-state index in [0.717, 1.165) is 10.8 Å². The number of aliphatic hydroxyl groups is 1. The molecule has 0 saturated carbocycles. The Morgan fingerprint density at radius 3 is 2.56 bits per heavy atom. The van der Waals surface area contributed by atoms with Crippen molar-refractivity contribution in [1.29, 1.82) is 0 Å². The molecular formula is C13H15NO3S. The summed E-state index contributed by atoms with van der Waals surface area (Å²) >= 11 is 0. The molecule has 0 radical (unpaired) electrons. The molecule has 0 aromatic heterocycles. The largest absolute Gasteiger partial charge is 0.395 e. The molecule has 0 amide bonds. The van der Waals surface area contributed by atoms with Gasteiger partial charge in [-0.1, -0.05) is 36.4 Å². The molecule has 0 aliphatic heterocycles. The molecule has 0 spiro atoms. The van der Waals surface area contributed by atoms with E-state index < -0.39 is 21.9 Å². The van der Waals surface area contributed by atoms with E-state index in [1.165, 1.54) is 6.92 Å². The van der Waals surface area contributed by atoms with Gasteiger partial charge >= 0.3 is 0 Å². The van der Waals surface area contributed by atoms with Gasteiger partial charge in [-0.25, -0.2) is 8.42 Å². The summed E-state index contributed by atoms with van der Waals surface area (Å²) in [5, 5.41) is 9.91. The second-order valence-corrected chi connectivity index (χ2v) is 6.27. The zero-order valence-electron chi connectivity index (χ0n) is 10.00. The molecule has 0 saturated heterocycles. The lowest BCUT2D eigenvalue weighted by molar-refractivity contribution is 0.296. The van der Waals surface area contributed by atoms with Crippen molar-refractivity contribution in [1.82, 2.24) is 0 Å². The minimum Gasteiger partial charge on any atom is -0.395 e. The number of benzene rings is 2. The molecule has 0 heterocycles.